The molecule has 0 amide bonds. The fourth-order valence-electron chi connectivity index (χ4n) is 2.43. The second-order valence-electron chi connectivity index (χ2n) is 6.92. The third-order valence-electron chi connectivity index (χ3n) is 3.75. The molecular formula is C17H24S2. The average Bonchev–Trinajstić information content (AvgIpc) is 2.97. The number of aryl methyl sites for hydroxylation is 1. The summed E-state index contributed by atoms with van der Waals surface area (Å²) in [4.78, 5) is 1.55. The maximum Gasteiger partial charge on any atom is 0.0131 e. The van der Waals surface area contributed by atoms with E-state index < -0.39 is 0 Å². The van der Waals surface area contributed by atoms with Gasteiger partial charge in [-0.1, -0.05) is 34.6 Å². The Kier molecular flexibility index (Phi) is 4.22. The lowest BCUT2D eigenvalue weighted by Gasteiger charge is -2.25. The van der Waals surface area contributed by atoms with E-state index in [1.165, 1.54) is 18.4 Å². The van der Waals surface area contributed by atoms with Gasteiger partial charge in [-0.05, 0) is 63.1 Å². The molecule has 0 saturated heterocycles. The van der Waals surface area contributed by atoms with Crippen LogP contribution in [0.1, 0.15) is 57.0 Å². The molecule has 2 aromatic rings. The van der Waals surface area contributed by atoms with Gasteiger partial charge in [0.1, 0.15) is 0 Å². The fourth-order valence-corrected chi connectivity index (χ4v) is 4.32. The first kappa shape index (κ1) is 14.8. The molecule has 0 aliphatic rings. The highest BCUT2D eigenvalue weighted by molar-refractivity contribution is 7.10. The number of thiophene rings is 2. The number of rotatable bonds is 4. The van der Waals surface area contributed by atoms with Crippen LogP contribution < -0.4 is 0 Å². The first-order chi connectivity index (χ1) is 8.81. The van der Waals surface area contributed by atoms with E-state index in [2.05, 4.69) is 62.9 Å². The molecule has 2 aromatic heterocycles. The minimum atomic E-state index is 0.274. The maximum atomic E-state index is 2.36. The Labute approximate surface area is 125 Å². The van der Waals surface area contributed by atoms with Gasteiger partial charge in [-0.25, -0.2) is 0 Å². The fraction of sp³-hybridized carbons (Fsp3) is 0.529. The van der Waals surface area contributed by atoms with Crippen LogP contribution in [0.3, 0.4) is 0 Å². The van der Waals surface area contributed by atoms with E-state index in [1.54, 1.807) is 21.8 Å². The highest BCUT2D eigenvalue weighted by Gasteiger charge is 2.24. The van der Waals surface area contributed by atoms with Gasteiger partial charge < -0.3 is 0 Å². The molecule has 0 unspecified atom stereocenters. The lowest BCUT2D eigenvalue weighted by molar-refractivity contribution is 0.478. The molecule has 0 aliphatic heterocycles. The van der Waals surface area contributed by atoms with E-state index in [4.69, 9.17) is 0 Å². The molecule has 104 valence electrons. The van der Waals surface area contributed by atoms with E-state index in [0.717, 1.165) is 0 Å². The molecule has 0 N–H and O–H groups in total. The van der Waals surface area contributed by atoms with E-state index in [9.17, 15) is 0 Å². The molecule has 0 atom stereocenters. The monoisotopic (exact) mass is 292 g/mol. The van der Waals surface area contributed by atoms with Crippen LogP contribution in [-0.4, -0.2) is 0 Å². The summed E-state index contributed by atoms with van der Waals surface area (Å²) in [6.45, 7) is 11.7. The van der Waals surface area contributed by atoms with Gasteiger partial charge in [0.05, 0.1) is 0 Å². The molecular weight excluding hydrogens is 268 g/mol. The lowest BCUT2D eigenvalue weighted by Crippen LogP contribution is -2.18. The smallest absolute Gasteiger partial charge is 0.0131 e. The second-order valence-corrected chi connectivity index (χ2v) is 8.62. The van der Waals surface area contributed by atoms with E-state index in [-0.39, 0.29) is 10.8 Å². The molecule has 0 fully saturated rings. The van der Waals surface area contributed by atoms with Crippen molar-refractivity contribution in [2.45, 2.75) is 58.3 Å². The Balaban J connectivity index is 2.10. The lowest BCUT2D eigenvalue weighted by atomic mass is 9.80. The summed E-state index contributed by atoms with van der Waals surface area (Å²) in [6.07, 6.45) is 2.39. The molecule has 0 bridgehead atoms. The van der Waals surface area contributed by atoms with Crippen molar-refractivity contribution in [1.29, 1.82) is 0 Å². The van der Waals surface area contributed by atoms with Crippen molar-refractivity contribution in [2.24, 2.45) is 0 Å². The number of hydrogen-bond acceptors (Lipinski definition) is 2. The van der Waals surface area contributed by atoms with Crippen molar-refractivity contribution in [3.63, 3.8) is 0 Å². The average molecular weight is 293 g/mol. The van der Waals surface area contributed by atoms with Gasteiger partial charge in [-0.3, -0.25) is 0 Å². The zero-order valence-corrected chi connectivity index (χ0v) is 14.3. The molecule has 2 rings (SSSR count). The van der Waals surface area contributed by atoms with Crippen molar-refractivity contribution < 1.29 is 0 Å². The third-order valence-corrected chi connectivity index (χ3v) is 5.82. The summed E-state index contributed by atoms with van der Waals surface area (Å²) in [5.41, 5.74) is 3.57. The van der Waals surface area contributed by atoms with Crippen LogP contribution in [0.15, 0.2) is 28.3 Å². The van der Waals surface area contributed by atoms with E-state index >= 15 is 0 Å². The molecule has 0 saturated carbocycles. The summed E-state index contributed by atoms with van der Waals surface area (Å²) >= 11 is 3.71. The van der Waals surface area contributed by atoms with Crippen LogP contribution in [0.4, 0.5) is 0 Å². The van der Waals surface area contributed by atoms with Crippen molar-refractivity contribution in [2.75, 3.05) is 0 Å². The highest BCUT2D eigenvalue weighted by atomic mass is 32.1. The van der Waals surface area contributed by atoms with E-state index in [1.807, 2.05) is 11.3 Å². The summed E-state index contributed by atoms with van der Waals surface area (Å²) in [5, 5.41) is 6.72. The zero-order valence-electron chi connectivity index (χ0n) is 12.6. The first-order valence-corrected chi connectivity index (χ1v) is 8.72. The minimum absolute atomic E-state index is 0.274. The van der Waals surface area contributed by atoms with Crippen LogP contribution in [-0.2, 0) is 17.3 Å². The van der Waals surface area contributed by atoms with E-state index in [0.29, 0.717) is 0 Å². The molecule has 0 aromatic carbocycles. The molecule has 0 radical (unpaired) electrons. The molecule has 2 heterocycles. The van der Waals surface area contributed by atoms with Gasteiger partial charge >= 0.3 is 0 Å². The molecule has 2 heteroatoms. The first-order valence-electron chi connectivity index (χ1n) is 6.90. The molecule has 0 spiro atoms. The zero-order chi connectivity index (χ0) is 14.1. The van der Waals surface area contributed by atoms with Crippen LogP contribution in [0.5, 0.6) is 0 Å². The Hall–Kier alpha value is -0.600. The summed E-state index contributed by atoms with van der Waals surface area (Å²) in [7, 11) is 0. The van der Waals surface area contributed by atoms with Crippen LogP contribution in [0.2, 0.25) is 0 Å². The standard InChI is InChI=1S/C17H24S2/c1-16(2,3)15-13(7-11-19-15)6-9-17(4,5)14-8-10-18-12-14/h7-8,10-12H,6,9H2,1-5H3. The van der Waals surface area contributed by atoms with Crippen LogP contribution in [0, 0.1) is 0 Å². The second kappa shape index (κ2) is 5.41. The maximum absolute atomic E-state index is 2.36. The predicted molar refractivity (Wildman–Crippen MR) is 88.7 cm³/mol. The molecule has 19 heavy (non-hydrogen) atoms. The summed E-state index contributed by atoms with van der Waals surface area (Å²) in [6, 6.07) is 4.58. The third kappa shape index (κ3) is 3.49. The van der Waals surface area contributed by atoms with Crippen LogP contribution >= 0.6 is 22.7 Å². The van der Waals surface area contributed by atoms with Gasteiger partial charge in [0, 0.05) is 4.88 Å². The SMILES string of the molecule is CC(C)(C)c1sccc1CCC(C)(C)c1ccsc1. The van der Waals surface area contributed by atoms with Gasteiger partial charge in [0.25, 0.3) is 0 Å². The van der Waals surface area contributed by atoms with Gasteiger partial charge in [0.2, 0.25) is 0 Å². The van der Waals surface area contributed by atoms with Gasteiger partial charge in [-0.2, -0.15) is 11.3 Å². The van der Waals surface area contributed by atoms with Crippen LogP contribution in [0.25, 0.3) is 0 Å². The summed E-state index contributed by atoms with van der Waals surface area (Å²) in [5.74, 6) is 0. The normalized spacial score (nSPS) is 12.9. The summed E-state index contributed by atoms with van der Waals surface area (Å²) < 4.78 is 0. The van der Waals surface area contributed by atoms with Crippen molar-refractivity contribution in [3.8, 4) is 0 Å². The predicted octanol–water partition coefficient (Wildman–Crippen LogP) is 6.02. The Morgan fingerprint density at radius 1 is 1.00 bits per heavy atom. The molecule has 0 aliphatic carbocycles. The highest BCUT2D eigenvalue weighted by Crippen LogP contribution is 2.35. The van der Waals surface area contributed by atoms with Crippen molar-refractivity contribution in [3.05, 3.63) is 44.3 Å². The quantitative estimate of drug-likeness (QED) is 0.646. The van der Waals surface area contributed by atoms with Crippen molar-refractivity contribution in [1.82, 2.24) is 0 Å². The Bertz CT molecular complexity index is 510. The van der Waals surface area contributed by atoms with Gasteiger partial charge in [-0.15, -0.1) is 11.3 Å². The largest absolute Gasteiger partial charge is 0.152 e. The Morgan fingerprint density at radius 2 is 1.74 bits per heavy atom. The Morgan fingerprint density at radius 3 is 2.32 bits per heavy atom. The number of hydrogen-bond donors (Lipinski definition) is 0. The van der Waals surface area contributed by atoms with Crippen molar-refractivity contribution >= 4 is 22.7 Å². The minimum Gasteiger partial charge on any atom is -0.152 e. The molecule has 0 nitrogen and oxygen atoms in total. The van der Waals surface area contributed by atoms with Gasteiger partial charge in [0.15, 0.2) is 0 Å². The topological polar surface area (TPSA) is 0 Å².